The molecule has 1 aromatic rings. The van der Waals surface area contributed by atoms with Crippen LogP contribution in [0.1, 0.15) is 16.7 Å². The number of rotatable bonds is 2. The number of nitrogens with one attached hydrogen (secondary N) is 1. The molecule has 0 atom stereocenters. The lowest BCUT2D eigenvalue weighted by molar-refractivity contribution is 0.186. The molecule has 1 N–H and O–H groups in total. The molecule has 1 rings (SSSR count). The van der Waals surface area contributed by atoms with Crippen LogP contribution in [0.15, 0.2) is 0 Å². The van der Waals surface area contributed by atoms with Crippen molar-refractivity contribution in [2.24, 2.45) is 0 Å². The number of hydrogen-bond acceptors (Lipinski definition) is 3. The monoisotopic (exact) mass is 257 g/mol. The van der Waals surface area contributed by atoms with Crippen LogP contribution >= 0.6 is 11.6 Å². The van der Waals surface area contributed by atoms with Gasteiger partial charge in [-0.2, -0.15) is 0 Å². The van der Waals surface area contributed by atoms with E-state index in [1.807, 2.05) is 20.8 Å². The van der Waals surface area contributed by atoms with Gasteiger partial charge in [-0.15, -0.1) is 0 Å². The van der Waals surface area contributed by atoms with Gasteiger partial charge < -0.3 is 9.47 Å². The van der Waals surface area contributed by atoms with E-state index in [0.717, 1.165) is 16.7 Å². The van der Waals surface area contributed by atoms with E-state index in [1.54, 1.807) is 7.11 Å². The van der Waals surface area contributed by atoms with E-state index in [0.29, 0.717) is 16.5 Å². The second-order valence-electron chi connectivity index (χ2n) is 3.71. The highest BCUT2D eigenvalue weighted by atomic mass is 35.5. The molecule has 0 unspecified atom stereocenters. The molecule has 17 heavy (non-hydrogen) atoms. The number of benzene rings is 1. The third kappa shape index (κ3) is 2.47. The third-order valence-electron chi connectivity index (χ3n) is 2.78. The topological polar surface area (TPSA) is 47.6 Å². The number of ether oxygens (including phenoxy) is 2. The number of amides is 1. The van der Waals surface area contributed by atoms with E-state index < -0.39 is 6.09 Å². The van der Waals surface area contributed by atoms with Crippen LogP contribution in [0, 0.1) is 20.8 Å². The lowest BCUT2D eigenvalue weighted by Gasteiger charge is -2.18. The summed E-state index contributed by atoms with van der Waals surface area (Å²) in [4.78, 5) is 11.3. The van der Waals surface area contributed by atoms with Crippen molar-refractivity contribution in [2.45, 2.75) is 20.8 Å². The molecule has 0 spiro atoms. The minimum Gasteiger partial charge on any atom is -0.494 e. The van der Waals surface area contributed by atoms with Crippen molar-refractivity contribution in [3.05, 3.63) is 21.7 Å². The van der Waals surface area contributed by atoms with Crippen molar-refractivity contribution in [3.8, 4) is 5.75 Å². The minimum atomic E-state index is -0.550. The van der Waals surface area contributed by atoms with Crippen molar-refractivity contribution in [1.29, 1.82) is 0 Å². The summed E-state index contributed by atoms with van der Waals surface area (Å²) in [5.41, 5.74) is 3.15. The summed E-state index contributed by atoms with van der Waals surface area (Å²) < 4.78 is 9.88. The number of carbonyl (C=O) groups is 1. The van der Waals surface area contributed by atoms with Gasteiger partial charge in [-0.1, -0.05) is 11.6 Å². The predicted octanol–water partition coefficient (Wildman–Crippen LogP) is 3.45. The Morgan fingerprint density at radius 3 is 2.18 bits per heavy atom. The molecule has 0 heterocycles. The zero-order chi connectivity index (χ0) is 13.2. The fraction of sp³-hybridized carbons (Fsp3) is 0.417. The summed E-state index contributed by atoms with van der Waals surface area (Å²) in [5.74, 6) is 0.606. The maximum absolute atomic E-state index is 11.3. The summed E-state index contributed by atoms with van der Waals surface area (Å²) >= 11 is 6.20. The highest BCUT2D eigenvalue weighted by Gasteiger charge is 2.18. The molecule has 0 bridgehead atoms. The Bertz CT molecular complexity index is 458. The molecule has 5 heteroatoms. The quantitative estimate of drug-likeness (QED) is 0.883. The lowest BCUT2D eigenvalue weighted by Crippen LogP contribution is -2.14. The van der Waals surface area contributed by atoms with E-state index in [2.05, 4.69) is 10.1 Å². The van der Waals surface area contributed by atoms with Gasteiger partial charge in [-0.25, -0.2) is 4.79 Å². The largest absolute Gasteiger partial charge is 0.494 e. The van der Waals surface area contributed by atoms with Gasteiger partial charge in [0.1, 0.15) is 5.75 Å². The molecule has 0 saturated carbocycles. The van der Waals surface area contributed by atoms with Crippen LogP contribution in [-0.2, 0) is 4.74 Å². The Morgan fingerprint density at radius 1 is 1.12 bits per heavy atom. The molecular weight excluding hydrogens is 242 g/mol. The fourth-order valence-corrected chi connectivity index (χ4v) is 1.88. The van der Waals surface area contributed by atoms with Crippen LogP contribution in [0.2, 0.25) is 5.02 Å². The Hall–Kier alpha value is -1.42. The molecule has 0 aromatic heterocycles. The standard InChI is InChI=1S/C12H16ClNO3/c1-6-7(2)11(16-4)10(8(3)9(6)13)14-12(15)17-5/h1-5H3,(H,14,15). The molecule has 1 amide bonds. The van der Waals surface area contributed by atoms with E-state index >= 15 is 0 Å². The molecule has 1 aromatic carbocycles. The Balaban J connectivity index is 3.41. The van der Waals surface area contributed by atoms with Gasteiger partial charge in [0.05, 0.1) is 19.9 Å². The van der Waals surface area contributed by atoms with E-state index in [4.69, 9.17) is 16.3 Å². The van der Waals surface area contributed by atoms with E-state index in [-0.39, 0.29) is 0 Å². The maximum Gasteiger partial charge on any atom is 0.411 e. The van der Waals surface area contributed by atoms with Gasteiger partial charge in [0.15, 0.2) is 0 Å². The molecule has 4 nitrogen and oxygen atoms in total. The summed E-state index contributed by atoms with van der Waals surface area (Å²) in [6.45, 7) is 5.62. The normalized spacial score (nSPS) is 10.0. The average Bonchev–Trinajstić information content (AvgIpc) is 2.33. The summed E-state index contributed by atoms with van der Waals surface area (Å²) in [6, 6.07) is 0. The van der Waals surface area contributed by atoms with Crippen LogP contribution in [0.3, 0.4) is 0 Å². The highest BCUT2D eigenvalue weighted by Crippen LogP contribution is 2.39. The number of methoxy groups -OCH3 is 2. The number of anilines is 1. The van der Waals surface area contributed by atoms with Gasteiger partial charge in [0.2, 0.25) is 0 Å². The summed E-state index contributed by atoms with van der Waals surface area (Å²) in [5, 5.41) is 3.24. The van der Waals surface area contributed by atoms with Crippen molar-refractivity contribution in [3.63, 3.8) is 0 Å². The van der Waals surface area contributed by atoms with Crippen LogP contribution in [0.4, 0.5) is 10.5 Å². The third-order valence-corrected chi connectivity index (χ3v) is 3.35. The average molecular weight is 258 g/mol. The Morgan fingerprint density at radius 2 is 1.71 bits per heavy atom. The molecule has 94 valence electrons. The fourth-order valence-electron chi connectivity index (χ4n) is 1.64. The Labute approximate surface area is 106 Å². The minimum absolute atomic E-state index is 0.549. The van der Waals surface area contributed by atoms with Crippen molar-refractivity contribution in [1.82, 2.24) is 0 Å². The second-order valence-corrected chi connectivity index (χ2v) is 4.09. The SMILES string of the molecule is COC(=O)Nc1c(C)c(Cl)c(C)c(C)c1OC. The molecule has 0 radical (unpaired) electrons. The predicted molar refractivity (Wildman–Crippen MR) is 68.2 cm³/mol. The van der Waals surface area contributed by atoms with Gasteiger partial charge >= 0.3 is 6.09 Å². The van der Waals surface area contributed by atoms with Gasteiger partial charge in [-0.05, 0) is 37.5 Å². The number of carbonyl (C=O) groups excluding carboxylic acids is 1. The zero-order valence-electron chi connectivity index (χ0n) is 10.6. The molecule has 0 fully saturated rings. The van der Waals surface area contributed by atoms with Gasteiger partial charge in [0.25, 0.3) is 0 Å². The lowest BCUT2D eigenvalue weighted by atomic mass is 10.0. The van der Waals surface area contributed by atoms with Gasteiger partial charge in [-0.3, -0.25) is 5.32 Å². The van der Waals surface area contributed by atoms with E-state index in [1.165, 1.54) is 7.11 Å². The van der Waals surface area contributed by atoms with Crippen molar-refractivity contribution in [2.75, 3.05) is 19.5 Å². The molecule has 0 aliphatic heterocycles. The summed E-state index contributed by atoms with van der Waals surface area (Å²) in [7, 11) is 2.86. The van der Waals surface area contributed by atoms with E-state index in [9.17, 15) is 4.79 Å². The van der Waals surface area contributed by atoms with Gasteiger partial charge in [0, 0.05) is 5.02 Å². The first-order valence-corrected chi connectivity index (χ1v) is 5.50. The first kappa shape index (κ1) is 13.6. The van der Waals surface area contributed by atoms with Crippen molar-refractivity contribution >= 4 is 23.4 Å². The first-order chi connectivity index (χ1) is 7.93. The van der Waals surface area contributed by atoms with Crippen LogP contribution in [-0.4, -0.2) is 20.3 Å². The molecule has 0 aliphatic rings. The number of halogens is 1. The first-order valence-electron chi connectivity index (χ1n) is 5.12. The highest BCUT2D eigenvalue weighted by molar-refractivity contribution is 6.32. The molecular formula is C12H16ClNO3. The number of hydrogen-bond donors (Lipinski definition) is 1. The Kier molecular flexibility index (Phi) is 4.23. The van der Waals surface area contributed by atoms with Crippen molar-refractivity contribution < 1.29 is 14.3 Å². The van der Waals surface area contributed by atoms with Crippen LogP contribution in [0.5, 0.6) is 5.75 Å². The molecule has 0 aliphatic carbocycles. The maximum atomic E-state index is 11.3. The zero-order valence-corrected chi connectivity index (χ0v) is 11.4. The second kappa shape index (κ2) is 5.27. The smallest absolute Gasteiger partial charge is 0.411 e. The van der Waals surface area contributed by atoms with Crippen LogP contribution in [0.25, 0.3) is 0 Å². The molecule has 0 saturated heterocycles. The van der Waals surface area contributed by atoms with Crippen LogP contribution < -0.4 is 10.1 Å². The summed E-state index contributed by atoms with van der Waals surface area (Å²) in [6.07, 6.45) is -0.550.